The highest BCUT2D eigenvalue weighted by atomic mass is 32.1. The number of benzene rings is 2. The van der Waals surface area contributed by atoms with Crippen molar-refractivity contribution in [1.29, 1.82) is 0 Å². The van der Waals surface area contributed by atoms with Crippen molar-refractivity contribution in [3.63, 3.8) is 0 Å². The highest BCUT2D eigenvalue weighted by molar-refractivity contribution is 7.71. The third kappa shape index (κ3) is 5.03. The molecule has 0 saturated heterocycles. The quantitative estimate of drug-likeness (QED) is 0.375. The van der Waals surface area contributed by atoms with Gasteiger partial charge in [0, 0.05) is 24.4 Å². The predicted molar refractivity (Wildman–Crippen MR) is 135 cm³/mol. The van der Waals surface area contributed by atoms with E-state index >= 15 is 0 Å². The molecule has 4 aromatic rings. The number of nitrogens with zero attached hydrogens (tertiary/aromatic N) is 4. The Kier molecular flexibility index (Phi) is 7.40. The largest absolute Gasteiger partial charge is 0.493 e. The molecule has 1 atom stereocenters. The first-order chi connectivity index (χ1) is 16.5. The van der Waals surface area contributed by atoms with E-state index < -0.39 is 0 Å². The number of likely N-dealkylation sites (N-methyl/N-ethyl adjacent to an activating group) is 1. The summed E-state index contributed by atoms with van der Waals surface area (Å²) in [5.74, 6) is 2.30. The Labute approximate surface area is 205 Å². The van der Waals surface area contributed by atoms with Gasteiger partial charge in [-0.15, -0.1) is 5.10 Å². The van der Waals surface area contributed by atoms with Gasteiger partial charge in [-0.25, -0.2) is 0 Å². The zero-order chi connectivity index (χ0) is 24.1. The molecule has 0 bridgehead atoms. The van der Waals surface area contributed by atoms with E-state index in [1.165, 1.54) is 10.5 Å². The Morgan fingerprint density at radius 2 is 1.71 bits per heavy atom. The lowest BCUT2D eigenvalue weighted by Crippen LogP contribution is -3.08. The zero-order valence-corrected chi connectivity index (χ0v) is 20.8. The van der Waals surface area contributed by atoms with Crippen LogP contribution in [0.25, 0.3) is 17.1 Å². The van der Waals surface area contributed by atoms with Crippen LogP contribution in [0.1, 0.15) is 11.1 Å². The van der Waals surface area contributed by atoms with E-state index in [1.54, 1.807) is 26.6 Å². The average Bonchev–Trinajstić information content (AvgIpc) is 3.18. The monoisotopic (exact) mass is 476 g/mol. The topological polar surface area (TPSA) is 58.5 Å². The lowest BCUT2D eigenvalue weighted by Gasteiger charge is -2.15. The molecule has 0 aliphatic rings. The van der Waals surface area contributed by atoms with Gasteiger partial charge in [0.05, 0.1) is 33.5 Å². The molecule has 0 aliphatic carbocycles. The number of para-hydroxylation sites is 1. The number of nitrogens with one attached hydrogen (secondary N) is 1. The van der Waals surface area contributed by atoms with Gasteiger partial charge >= 0.3 is 0 Å². The maximum atomic E-state index is 5.91. The molecule has 8 heteroatoms. The van der Waals surface area contributed by atoms with Gasteiger partial charge in [0.2, 0.25) is 4.77 Å². The first kappa shape index (κ1) is 23.7. The fourth-order valence-electron chi connectivity index (χ4n) is 3.96. The van der Waals surface area contributed by atoms with Crippen molar-refractivity contribution in [1.82, 2.24) is 19.3 Å². The number of hydrogen-bond acceptors (Lipinski definition) is 5. The van der Waals surface area contributed by atoms with Crippen LogP contribution in [-0.4, -0.2) is 47.1 Å². The number of pyridine rings is 1. The van der Waals surface area contributed by atoms with E-state index in [4.69, 9.17) is 26.8 Å². The molecule has 0 fully saturated rings. The molecular formula is C26H30N5O2S+. The molecule has 176 valence electrons. The molecule has 1 N–H and O–H groups in total. The van der Waals surface area contributed by atoms with E-state index in [-0.39, 0.29) is 0 Å². The summed E-state index contributed by atoms with van der Waals surface area (Å²) in [5, 5.41) is 4.93. The number of aromatic nitrogens is 4. The summed E-state index contributed by atoms with van der Waals surface area (Å²) in [6.07, 6.45) is 4.45. The summed E-state index contributed by atoms with van der Waals surface area (Å²) >= 11 is 5.91. The lowest BCUT2D eigenvalue weighted by atomic mass is 10.1. The van der Waals surface area contributed by atoms with Gasteiger partial charge < -0.3 is 14.4 Å². The summed E-state index contributed by atoms with van der Waals surface area (Å²) in [7, 11) is 5.46. The smallest absolute Gasteiger partial charge is 0.207 e. The van der Waals surface area contributed by atoms with Gasteiger partial charge in [-0.1, -0.05) is 24.3 Å². The van der Waals surface area contributed by atoms with Crippen molar-refractivity contribution in [2.75, 3.05) is 27.8 Å². The molecule has 7 nitrogen and oxygen atoms in total. The summed E-state index contributed by atoms with van der Waals surface area (Å²) in [6.45, 7) is 3.66. The molecule has 0 amide bonds. The lowest BCUT2D eigenvalue weighted by molar-refractivity contribution is -0.903. The summed E-state index contributed by atoms with van der Waals surface area (Å²) in [5.41, 5.74) is 4.35. The van der Waals surface area contributed by atoms with Crippen LogP contribution in [0.15, 0.2) is 67.0 Å². The summed E-state index contributed by atoms with van der Waals surface area (Å²) in [4.78, 5) is 5.45. The molecule has 0 radical (unpaired) electrons. The fraction of sp³-hybridized carbons (Fsp3) is 0.269. The van der Waals surface area contributed by atoms with E-state index in [0.29, 0.717) is 11.4 Å². The first-order valence-corrected chi connectivity index (χ1v) is 11.6. The maximum Gasteiger partial charge on any atom is 0.207 e. The molecule has 34 heavy (non-hydrogen) atoms. The molecule has 0 aliphatic heterocycles. The molecule has 1 unspecified atom stereocenters. The van der Waals surface area contributed by atoms with Crippen LogP contribution in [-0.2, 0) is 13.1 Å². The number of methoxy groups -OCH3 is 2. The normalized spacial score (nSPS) is 11.9. The number of aryl methyl sites for hydroxylation is 1. The van der Waals surface area contributed by atoms with Gasteiger partial charge in [0.1, 0.15) is 0 Å². The zero-order valence-electron chi connectivity index (χ0n) is 20.0. The van der Waals surface area contributed by atoms with Crippen molar-refractivity contribution in [3.05, 3.63) is 82.9 Å². The SMILES string of the molecule is COc1ccc(CC[NH+](C)Cn2nc(-c3ccncc3)n(-c3ccccc3C)c2=S)cc1OC. The van der Waals surface area contributed by atoms with Crippen molar-refractivity contribution in [3.8, 4) is 28.6 Å². The van der Waals surface area contributed by atoms with Gasteiger partial charge in [-0.05, 0) is 60.6 Å². The van der Waals surface area contributed by atoms with Crippen molar-refractivity contribution >= 4 is 12.2 Å². The van der Waals surface area contributed by atoms with Crippen LogP contribution >= 0.6 is 12.2 Å². The van der Waals surface area contributed by atoms with Gasteiger partial charge in [0.15, 0.2) is 24.0 Å². The molecular weight excluding hydrogens is 446 g/mol. The number of rotatable bonds is 9. The molecule has 2 aromatic carbocycles. The minimum atomic E-state index is 0.656. The summed E-state index contributed by atoms with van der Waals surface area (Å²) in [6, 6.07) is 18.2. The van der Waals surface area contributed by atoms with Crippen LogP contribution in [0.4, 0.5) is 0 Å². The average molecular weight is 477 g/mol. The maximum absolute atomic E-state index is 5.91. The van der Waals surface area contributed by atoms with Crippen molar-refractivity contribution in [2.24, 2.45) is 0 Å². The molecule has 0 spiro atoms. The molecule has 4 rings (SSSR count). The predicted octanol–water partition coefficient (Wildman–Crippen LogP) is 3.51. The number of ether oxygens (including phenoxy) is 2. The third-order valence-electron chi connectivity index (χ3n) is 5.84. The second-order valence-electron chi connectivity index (χ2n) is 8.27. The Balaban J connectivity index is 1.59. The first-order valence-electron chi connectivity index (χ1n) is 11.2. The van der Waals surface area contributed by atoms with Crippen molar-refractivity contribution in [2.45, 2.75) is 20.0 Å². The molecule has 0 saturated carbocycles. The highest BCUT2D eigenvalue weighted by Gasteiger charge is 2.18. The Morgan fingerprint density at radius 1 is 0.971 bits per heavy atom. The van der Waals surface area contributed by atoms with Gasteiger partial charge in [-0.3, -0.25) is 9.55 Å². The highest BCUT2D eigenvalue weighted by Crippen LogP contribution is 2.27. The standard InChI is InChI=1S/C26H29N5O2S/c1-19-7-5-6-8-22(19)31-25(21-11-14-27-15-12-21)28-30(26(31)34)18-29(2)16-13-20-9-10-23(32-3)24(17-20)33-4/h5-12,14-15,17H,13,16,18H2,1-4H3/p+1. The van der Waals surface area contributed by atoms with Gasteiger partial charge in [0.25, 0.3) is 0 Å². The minimum Gasteiger partial charge on any atom is -0.493 e. The Bertz CT molecular complexity index is 1320. The number of hydrogen-bond donors (Lipinski definition) is 1. The minimum absolute atomic E-state index is 0.656. The van der Waals surface area contributed by atoms with E-state index in [0.717, 1.165) is 47.1 Å². The molecule has 2 aromatic heterocycles. The fourth-order valence-corrected chi connectivity index (χ4v) is 4.25. The van der Waals surface area contributed by atoms with Crippen LogP contribution in [0.2, 0.25) is 0 Å². The van der Waals surface area contributed by atoms with Crippen LogP contribution in [0.3, 0.4) is 0 Å². The second kappa shape index (κ2) is 10.6. The van der Waals surface area contributed by atoms with Crippen LogP contribution < -0.4 is 14.4 Å². The van der Waals surface area contributed by atoms with E-state index in [2.05, 4.69) is 41.7 Å². The molecule has 2 heterocycles. The number of quaternary nitrogens is 1. The van der Waals surface area contributed by atoms with E-state index in [9.17, 15) is 0 Å². The van der Waals surface area contributed by atoms with Crippen LogP contribution in [0, 0.1) is 11.7 Å². The van der Waals surface area contributed by atoms with Gasteiger partial charge in [-0.2, -0.15) is 4.68 Å². The Morgan fingerprint density at radius 3 is 2.41 bits per heavy atom. The second-order valence-corrected chi connectivity index (χ2v) is 8.63. The van der Waals surface area contributed by atoms with Crippen LogP contribution in [0.5, 0.6) is 11.5 Å². The third-order valence-corrected chi connectivity index (χ3v) is 6.24. The van der Waals surface area contributed by atoms with E-state index in [1.807, 2.05) is 41.1 Å². The summed E-state index contributed by atoms with van der Waals surface area (Å²) < 4.78 is 15.4. The van der Waals surface area contributed by atoms with Crippen molar-refractivity contribution < 1.29 is 14.4 Å². The Hall–Kier alpha value is -3.49.